The summed E-state index contributed by atoms with van der Waals surface area (Å²) in [6.45, 7) is 6.57. The molecule has 1 aromatic carbocycles. The molecule has 0 radical (unpaired) electrons. The molecule has 1 aromatic rings. The molecule has 1 aliphatic rings. The Bertz CT molecular complexity index is 383. The van der Waals surface area contributed by atoms with Crippen LogP contribution in [0.1, 0.15) is 50.2 Å². The second-order valence-electron chi connectivity index (χ2n) is 5.74. The van der Waals surface area contributed by atoms with Crippen molar-refractivity contribution in [3.05, 3.63) is 29.3 Å². The van der Waals surface area contributed by atoms with E-state index in [1.165, 1.54) is 53.9 Å². The molecule has 0 aliphatic heterocycles. The summed E-state index contributed by atoms with van der Waals surface area (Å²) in [5, 5.41) is 3.47. The van der Waals surface area contributed by atoms with Crippen molar-refractivity contribution < 1.29 is 0 Å². The average Bonchev–Trinajstić information content (AvgIpc) is 2.91. The second kappa shape index (κ2) is 7.96. The van der Waals surface area contributed by atoms with Crippen LogP contribution in [-0.4, -0.2) is 12.3 Å². The highest BCUT2D eigenvalue weighted by Crippen LogP contribution is 2.32. The Balaban J connectivity index is 1.83. The predicted molar refractivity (Wildman–Crippen MR) is 85.9 cm³/mol. The molecular weight excluding hydrogens is 250 g/mol. The molecule has 0 aromatic heterocycles. The van der Waals surface area contributed by atoms with Gasteiger partial charge in [-0.25, -0.2) is 0 Å². The molecule has 0 bridgehead atoms. The van der Waals surface area contributed by atoms with E-state index < -0.39 is 0 Å². The maximum atomic E-state index is 3.47. The summed E-state index contributed by atoms with van der Waals surface area (Å²) in [6.07, 6.45) is 7.00. The van der Waals surface area contributed by atoms with E-state index >= 15 is 0 Å². The minimum absolute atomic E-state index is 0.968. The number of aryl methyl sites for hydroxylation is 1. The van der Waals surface area contributed by atoms with Gasteiger partial charge in [0.15, 0.2) is 0 Å². The maximum Gasteiger partial charge on any atom is 0.0205 e. The Hall–Kier alpha value is -0.470. The van der Waals surface area contributed by atoms with E-state index in [4.69, 9.17) is 0 Å². The summed E-state index contributed by atoms with van der Waals surface area (Å²) in [4.78, 5) is 1.48. The van der Waals surface area contributed by atoms with Crippen LogP contribution in [-0.2, 0) is 6.54 Å². The minimum Gasteiger partial charge on any atom is -0.313 e. The third-order valence-electron chi connectivity index (χ3n) is 3.94. The summed E-state index contributed by atoms with van der Waals surface area (Å²) in [6, 6.07) is 6.95. The van der Waals surface area contributed by atoms with Gasteiger partial charge >= 0.3 is 0 Å². The van der Waals surface area contributed by atoms with Crippen LogP contribution < -0.4 is 5.32 Å². The van der Waals surface area contributed by atoms with Crippen LogP contribution in [0.25, 0.3) is 0 Å². The van der Waals surface area contributed by atoms with Crippen molar-refractivity contribution in [1.29, 1.82) is 0 Å². The van der Waals surface area contributed by atoms with Gasteiger partial charge in [-0.2, -0.15) is 0 Å². The smallest absolute Gasteiger partial charge is 0.0205 e. The molecule has 1 nitrogen and oxygen atoms in total. The Kier molecular flexibility index (Phi) is 6.25. The highest BCUT2D eigenvalue weighted by atomic mass is 32.2. The van der Waals surface area contributed by atoms with Gasteiger partial charge in [-0.05, 0) is 55.8 Å². The van der Waals surface area contributed by atoms with Crippen molar-refractivity contribution in [3.63, 3.8) is 0 Å². The number of benzene rings is 1. The first-order chi connectivity index (χ1) is 9.29. The van der Waals surface area contributed by atoms with Gasteiger partial charge in [-0.15, -0.1) is 11.8 Å². The van der Waals surface area contributed by atoms with E-state index in [0.717, 1.165) is 19.0 Å². The van der Waals surface area contributed by atoms with Gasteiger partial charge in [0.2, 0.25) is 0 Å². The van der Waals surface area contributed by atoms with Crippen molar-refractivity contribution in [2.24, 2.45) is 5.92 Å². The van der Waals surface area contributed by atoms with Crippen LogP contribution in [0.15, 0.2) is 23.1 Å². The fourth-order valence-corrected chi connectivity index (χ4v) is 3.98. The minimum atomic E-state index is 0.968. The Morgan fingerprint density at radius 2 is 2.05 bits per heavy atom. The summed E-state index contributed by atoms with van der Waals surface area (Å²) in [5.74, 6) is 2.28. The number of hydrogen-bond acceptors (Lipinski definition) is 2. The molecule has 19 heavy (non-hydrogen) atoms. The highest BCUT2D eigenvalue weighted by Gasteiger charge is 2.15. The number of thioether (sulfide) groups is 1. The van der Waals surface area contributed by atoms with Gasteiger partial charge < -0.3 is 5.32 Å². The van der Waals surface area contributed by atoms with Crippen molar-refractivity contribution in [3.8, 4) is 0 Å². The average molecular weight is 277 g/mol. The van der Waals surface area contributed by atoms with Crippen LogP contribution in [0.4, 0.5) is 0 Å². The lowest BCUT2D eigenvalue weighted by Crippen LogP contribution is -2.13. The monoisotopic (exact) mass is 277 g/mol. The lowest BCUT2D eigenvalue weighted by Gasteiger charge is -2.12. The molecule has 1 aliphatic carbocycles. The van der Waals surface area contributed by atoms with Crippen LogP contribution in [0.3, 0.4) is 0 Å². The Labute approximate surface area is 122 Å². The zero-order valence-electron chi connectivity index (χ0n) is 12.4. The summed E-state index contributed by atoms with van der Waals surface area (Å²) in [7, 11) is 0. The lowest BCUT2D eigenvalue weighted by atomic mass is 10.1. The molecule has 0 amide bonds. The van der Waals surface area contributed by atoms with E-state index in [9.17, 15) is 0 Å². The summed E-state index contributed by atoms with van der Waals surface area (Å²) in [5.41, 5.74) is 2.86. The van der Waals surface area contributed by atoms with Crippen molar-refractivity contribution in [2.75, 3.05) is 12.3 Å². The van der Waals surface area contributed by atoms with E-state index in [-0.39, 0.29) is 0 Å². The second-order valence-corrected chi connectivity index (χ2v) is 6.80. The van der Waals surface area contributed by atoms with Crippen molar-refractivity contribution in [2.45, 2.75) is 57.4 Å². The van der Waals surface area contributed by atoms with Crippen LogP contribution in [0.2, 0.25) is 0 Å². The number of nitrogens with one attached hydrogen (secondary N) is 1. The molecule has 1 saturated carbocycles. The van der Waals surface area contributed by atoms with Gasteiger partial charge in [0.25, 0.3) is 0 Å². The molecular formula is C17H27NS. The topological polar surface area (TPSA) is 12.0 Å². The van der Waals surface area contributed by atoms with Crippen molar-refractivity contribution in [1.82, 2.24) is 5.32 Å². The lowest BCUT2D eigenvalue weighted by molar-refractivity contribution is 0.623. The molecule has 2 rings (SSSR count). The predicted octanol–water partition coefficient (Wildman–Crippen LogP) is 4.78. The van der Waals surface area contributed by atoms with Gasteiger partial charge in [0, 0.05) is 17.2 Å². The van der Waals surface area contributed by atoms with E-state index in [1.54, 1.807) is 0 Å². The third-order valence-corrected chi connectivity index (χ3v) is 5.35. The Morgan fingerprint density at radius 1 is 1.26 bits per heavy atom. The van der Waals surface area contributed by atoms with Gasteiger partial charge in [0.1, 0.15) is 0 Å². The van der Waals surface area contributed by atoms with E-state index in [2.05, 4.69) is 49.1 Å². The number of hydrogen-bond donors (Lipinski definition) is 1. The zero-order chi connectivity index (χ0) is 13.5. The zero-order valence-corrected chi connectivity index (χ0v) is 13.2. The molecule has 0 unspecified atom stereocenters. The number of rotatable bonds is 7. The van der Waals surface area contributed by atoms with Crippen molar-refractivity contribution >= 4 is 11.8 Å². The molecule has 1 fully saturated rings. The first-order valence-corrected chi connectivity index (χ1v) is 8.71. The molecule has 0 heterocycles. The molecule has 0 spiro atoms. The first kappa shape index (κ1) is 14.9. The summed E-state index contributed by atoms with van der Waals surface area (Å²) < 4.78 is 0. The van der Waals surface area contributed by atoms with Crippen LogP contribution in [0.5, 0.6) is 0 Å². The van der Waals surface area contributed by atoms with E-state index in [1.807, 2.05) is 0 Å². The molecule has 1 N–H and O–H groups in total. The normalized spacial score (nSPS) is 16.1. The Morgan fingerprint density at radius 3 is 2.74 bits per heavy atom. The van der Waals surface area contributed by atoms with E-state index in [0.29, 0.717) is 0 Å². The highest BCUT2D eigenvalue weighted by molar-refractivity contribution is 7.99. The fraction of sp³-hybridized carbons (Fsp3) is 0.647. The molecule has 106 valence electrons. The fourth-order valence-electron chi connectivity index (χ4n) is 2.78. The maximum absolute atomic E-state index is 3.47. The summed E-state index contributed by atoms with van der Waals surface area (Å²) >= 11 is 2.06. The molecule has 2 heteroatoms. The van der Waals surface area contributed by atoms with Crippen LogP contribution >= 0.6 is 11.8 Å². The van der Waals surface area contributed by atoms with Gasteiger partial charge in [-0.3, -0.25) is 0 Å². The van der Waals surface area contributed by atoms with Crippen LogP contribution in [0, 0.1) is 12.8 Å². The first-order valence-electron chi connectivity index (χ1n) is 7.72. The quantitative estimate of drug-likeness (QED) is 0.569. The molecule has 0 saturated heterocycles. The third kappa shape index (κ3) is 4.85. The van der Waals surface area contributed by atoms with Gasteiger partial charge in [0.05, 0.1) is 0 Å². The molecule has 0 atom stereocenters. The largest absolute Gasteiger partial charge is 0.313 e. The SMILES string of the molecule is CCCNCc1ccc(SCC2CCCC2)c(C)c1. The standard InChI is InChI=1S/C17H27NS/c1-3-10-18-12-16-8-9-17(14(2)11-16)19-13-15-6-4-5-7-15/h8-9,11,15,18H,3-7,10,12-13H2,1-2H3. The van der Waals surface area contributed by atoms with Gasteiger partial charge in [-0.1, -0.05) is 31.9 Å².